The van der Waals surface area contributed by atoms with E-state index in [4.69, 9.17) is 22.1 Å². The highest BCUT2D eigenvalue weighted by Gasteiger charge is 2.23. The van der Waals surface area contributed by atoms with Crippen molar-refractivity contribution in [3.63, 3.8) is 0 Å². The van der Waals surface area contributed by atoms with Gasteiger partial charge in [0.25, 0.3) is 5.91 Å². The van der Waals surface area contributed by atoms with Gasteiger partial charge in [0.1, 0.15) is 11.8 Å². The minimum atomic E-state index is -0.817. The molecule has 2 aromatic rings. The number of hydrogen-bond donors (Lipinski definition) is 2. The van der Waals surface area contributed by atoms with Crippen LogP contribution in [0.4, 0.5) is 0 Å². The zero-order valence-corrected chi connectivity index (χ0v) is 14.0. The molecule has 126 valence electrons. The van der Waals surface area contributed by atoms with Gasteiger partial charge in [0, 0.05) is 6.42 Å². The molecule has 0 fully saturated rings. The van der Waals surface area contributed by atoms with E-state index in [0.29, 0.717) is 17.2 Å². The summed E-state index contributed by atoms with van der Waals surface area (Å²) in [6.07, 6.45) is -0.497. The first-order chi connectivity index (χ1) is 11.5. The third-order valence-electron chi connectivity index (χ3n) is 3.45. The van der Waals surface area contributed by atoms with Crippen molar-refractivity contribution in [3.8, 4) is 5.75 Å². The van der Waals surface area contributed by atoms with E-state index in [2.05, 4.69) is 5.32 Å². The van der Waals surface area contributed by atoms with Crippen molar-refractivity contribution in [2.24, 2.45) is 5.73 Å². The van der Waals surface area contributed by atoms with Crippen LogP contribution in [0.25, 0.3) is 0 Å². The van der Waals surface area contributed by atoms with Crippen LogP contribution in [0.2, 0.25) is 5.02 Å². The van der Waals surface area contributed by atoms with Crippen molar-refractivity contribution < 1.29 is 14.3 Å². The number of carbonyl (C=O) groups is 2. The lowest BCUT2D eigenvalue weighted by Gasteiger charge is -2.20. The maximum absolute atomic E-state index is 12.3. The third kappa shape index (κ3) is 4.99. The maximum atomic E-state index is 12.3. The summed E-state index contributed by atoms with van der Waals surface area (Å²) < 4.78 is 5.54. The number of para-hydroxylation sites is 1. The number of rotatable bonds is 7. The van der Waals surface area contributed by atoms with Crippen molar-refractivity contribution in [3.05, 3.63) is 65.2 Å². The largest absolute Gasteiger partial charge is 0.479 e. The molecule has 5 nitrogen and oxygen atoms in total. The molecular formula is C18H19ClN2O3. The molecule has 0 saturated carbocycles. The van der Waals surface area contributed by atoms with Gasteiger partial charge in [-0.05, 0) is 24.6 Å². The fourth-order valence-corrected chi connectivity index (χ4v) is 2.33. The standard InChI is InChI=1S/C18H19ClN2O3/c1-12(24-16-10-6-5-9-14(16)19)18(23)21-15(17(20)22)11-13-7-3-2-4-8-13/h2-10,12,15H,11H2,1H3,(H2,20,22)(H,21,23). The van der Waals surface area contributed by atoms with Gasteiger partial charge in [-0.2, -0.15) is 0 Å². The highest BCUT2D eigenvalue weighted by atomic mass is 35.5. The van der Waals surface area contributed by atoms with Gasteiger partial charge in [-0.25, -0.2) is 0 Å². The average Bonchev–Trinajstić information content (AvgIpc) is 2.57. The second-order valence-corrected chi connectivity index (χ2v) is 5.75. The summed E-state index contributed by atoms with van der Waals surface area (Å²) in [5, 5.41) is 3.03. The molecule has 2 unspecified atom stereocenters. The normalized spacial score (nSPS) is 12.9. The van der Waals surface area contributed by atoms with Crippen LogP contribution in [-0.2, 0) is 16.0 Å². The Kier molecular flexibility index (Phi) is 6.21. The lowest BCUT2D eigenvalue weighted by atomic mass is 10.1. The number of primary amides is 1. The number of hydrogen-bond acceptors (Lipinski definition) is 3. The second-order valence-electron chi connectivity index (χ2n) is 5.34. The van der Waals surface area contributed by atoms with Crippen LogP contribution in [0.15, 0.2) is 54.6 Å². The summed E-state index contributed by atoms with van der Waals surface area (Å²) in [5.41, 5.74) is 6.30. The molecule has 0 aliphatic heterocycles. The third-order valence-corrected chi connectivity index (χ3v) is 3.76. The highest BCUT2D eigenvalue weighted by molar-refractivity contribution is 6.32. The fraction of sp³-hybridized carbons (Fsp3) is 0.222. The Morgan fingerprint density at radius 1 is 1.12 bits per heavy atom. The molecule has 3 N–H and O–H groups in total. The van der Waals surface area contributed by atoms with Crippen molar-refractivity contribution in [2.45, 2.75) is 25.5 Å². The molecule has 0 spiro atoms. The van der Waals surface area contributed by atoms with E-state index in [1.807, 2.05) is 30.3 Å². The van der Waals surface area contributed by atoms with Crippen LogP contribution >= 0.6 is 11.6 Å². The monoisotopic (exact) mass is 346 g/mol. The van der Waals surface area contributed by atoms with Crippen LogP contribution in [0.5, 0.6) is 5.75 Å². The predicted octanol–water partition coefficient (Wildman–Crippen LogP) is 2.32. The van der Waals surface area contributed by atoms with Crippen LogP contribution < -0.4 is 15.8 Å². The van der Waals surface area contributed by atoms with Crippen LogP contribution in [-0.4, -0.2) is 24.0 Å². The van der Waals surface area contributed by atoms with Crippen molar-refractivity contribution in [2.75, 3.05) is 0 Å². The number of nitrogens with two attached hydrogens (primary N) is 1. The van der Waals surface area contributed by atoms with Gasteiger partial charge in [0.15, 0.2) is 6.10 Å². The van der Waals surface area contributed by atoms with Gasteiger partial charge in [0.05, 0.1) is 5.02 Å². The SMILES string of the molecule is CC(Oc1ccccc1Cl)C(=O)NC(Cc1ccccc1)C(N)=O. The molecule has 0 radical (unpaired) electrons. The molecule has 2 atom stereocenters. The van der Waals surface area contributed by atoms with E-state index >= 15 is 0 Å². The van der Waals surface area contributed by atoms with Crippen LogP contribution in [0.1, 0.15) is 12.5 Å². The van der Waals surface area contributed by atoms with Gasteiger partial charge in [-0.1, -0.05) is 54.1 Å². The Balaban J connectivity index is 1.99. The molecule has 0 aromatic heterocycles. The van der Waals surface area contributed by atoms with E-state index in [1.54, 1.807) is 31.2 Å². The number of halogens is 1. The Morgan fingerprint density at radius 2 is 1.75 bits per heavy atom. The van der Waals surface area contributed by atoms with Crippen molar-refractivity contribution >= 4 is 23.4 Å². The van der Waals surface area contributed by atoms with Crippen LogP contribution in [0.3, 0.4) is 0 Å². The lowest BCUT2D eigenvalue weighted by Crippen LogP contribution is -2.49. The van der Waals surface area contributed by atoms with Crippen molar-refractivity contribution in [1.29, 1.82) is 0 Å². The van der Waals surface area contributed by atoms with E-state index in [-0.39, 0.29) is 0 Å². The van der Waals surface area contributed by atoms with E-state index in [9.17, 15) is 9.59 Å². The number of carbonyl (C=O) groups excluding carboxylic acids is 2. The average molecular weight is 347 g/mol. The molecule has 0 saturated heterocycles. The number of benzene rings is 2. The van der Waals surface area contributed by atoms with Gasteiger partial charge in [0.2, 0.25) is 5.91 Å². The van der Waals surface area contributed by atoms with E-state index in [0.717, 1.165) is 5.56 Å². The molecule has 0 bridgehead atoms. The van der Waals surface area contributed by atoms with Crippen molar-refractivity contribution in [1.82, 2.24) is 5.32 Å². The zero-order valence-electron chi connectivity index (χ0n) is 13.2. The summed E-state index contributed by atoms with van der Waals surface area (Å²) in [6, 6.07) is 15.4. The summed E-state index contributed by atoms with van der Waals surface area (Å²) in [5.74, 6) is -0.632. The smallest absolute Gasteiger partial charge is 0.261 e. The quantitative estimate of drug-likeness (QED) is 0.807. The number of nitrogens with one attached hydrogen (secondary N) is 1. The molecule has 0 heterocycles. The predicted molar refractivity (Wildman–Crippen MR) is 92.8 cm³/mol. The topological polar surface area (TPSA) is 81.4 Å². The molecule has 2 aromatic carbocycles. The van der Waals surface area contributed by atoms with Crippen LogP contribution in [0, 0.1) is 0 Å². The molecule has 24 heavy (non-hydrogen) atoms. The van der Waals surface area contributed by atoms with E-state index in [1.165, 1.54) is 0 Å². The Labute approximate surface area is 145 Å². The van der Waals surface area contributed by atoms with E-state index < -0.39 is 24.0 Å². The molecule has 2 rings (SSSR count). The number of ether oxygens (including phenoxy) is 1. The molecule has 0 aliphatic rings. The lowest BCUT2D eigenvalue weighted by molar-refractivity contribution is -0.131. The first kappa shape index (κ1) is 17.8. The Hall–Kier alpha value is -2.53. The molecule has 6 heteroatoms. The zero-order chi connectivity index (χ0) is 17.5. The van der Waals surface area contributed by atoms with Gasteiger partial charge < -0.3 is 15.8 Å². The maximum Gasteiger partial charge on any atom is 0.261 e. The van der Waals surface area contributed by atoms with Gasteiger partial charge >= 0.3 is 0 Å². The Morgan fingerprint density at radius 3 is 2.38 bits per heavy atom. The highest BCUT2D eigenvalue weighted by Crippen LogP contribution is 2.24. The molecule has 0 aliphatic carbocycles. The summed E-state index contributed by atoms with van der Waals surface area (Å²) >= 11 is 6.01. The summed E-state index contributed by atoms with van der Waals surface area (Å²) in [6.45, 7) is 1.58. The Bertz CT molecular complexity index is 706. The summed E-state index contributed by atoms with van der Waals surface area (Å²) in [4.78, 5) is 23.9. The number of amides is 2. The summed E-state index contributed by atoms with van der Waals surface area (Å²) in [7, 11) is 0. The fourth-order valence-electron chi connectivity index (χ4n) is 2.15. The molecule has 2 amide bonds. The second kappa shape index (κ2) is 8.36. The minimum absolute atomic E-state index is 0.320. The van der Waals surface area contributed by atoms with Gasteiger partial charge in [-0.15, -0.1) is 0 Å². The molecular weight excluding hydrogens is 328 g/mol. The first-order valence-corrected chi connectivity index (χ1v) is 7.90. The minimum Gasteiger partial charge on any atom is -0.479 e. The first-order valence-electron chi connectivity index (χ1n) is 7.52. The van der Waals surface area contributed by atoms with Gasteiger partial charge in [-0.3, -0.25) is 9.59 Å².